The van der Waals surface area contributed by atoms with E-state index in [0.717, 1.165) is 11.4 Å². The number of rotatable bonds is 5. The van der Waals surface area contributed by atoms with Crippen LogP contribution in [0, 0.1) is 6.92 Å². The summed E-state index contributed by atoms with van der Waals surface area (Å²) >= 11 is 0. The third kappa shape index (κ3) is 4.91. The lowest BCUT2D eigenvalue weighted by molar-refractivity contribution is 0.661. The van der Waals surface area contributed by atoms with Crippen LogP contribution in [0.4, 0.5) is 17.1 Å². The highest BCUT2D eigenvalue weighted by molar-refractivity contribution is 6.09. The summed E-state index contributed by atoms with van der Waals surface area (Å²) in [5.41, 5.74) is 20.8. The van der Waals surface area contributed by atoms with Gasteiger partial charge in [-0.1, -0.05) is 142 Å². The molecule has 0 bridgehead atoms. The number of anilines is 3. The first-order chi connectivity index (χ1) is 25.9. The van der Waals surface area contributed by atoms with Crippen LogP contribution >= 0.6 is 0 Å². The lowest BCUT2D eigenvalue weighted by Gasteiger charge is -2.27. The van der Waals surface area contributed by atoms with Gasteiger partial charge in [-0.25, -0.2) is 0 Å². The van der Waals surface area contributed by atoms with Gasteiger partial charge in [-0.2, -0.15) is 0 Å². The van der Waals surface area contributed by atoms with Gasteiger partial charge in [0.2, 0.25) is 0 Å². The van der Waals surface area contributed by atoms with Crippen molar-refractivity contribution in [1.29, 1.82) is 0 Å². The highest BCUT2D eigenvalue weighted by atomic mass is 15.1. The second-order valence-corrected chi connectivity index (χ2v) is 15.4. The van der Waals surface area contributed by atoms with Crippen LogP contribution in [0.3, 0.4) is 0 Å². The monoisotopic (exact) mass is 679 g/mol. The van der Waals surface area contributed by atoms with Gasteiger partial charge in [0.25, 0.3) is 0 Å². The fourth-order valence-electron chi connectivity index (χ4n) is 9.13. The highest BCUT2D eigenvalue weighted by Crippen LogP contribution is 2.57. The first-order valence-electron chi connectivity index (χ1n) is 18.8. The molecule has 53 heavy (non-hydrogen) atoms. The Morgan fingerprint density at radius 1 is 0.434 bits per heavy atom. The van der Waals surface area contributed by atoms with Gasteiger partial charge in [0.05, 0.1) is 0 Å². The Labute approximate surface area is 312 Å². The first-order valence-corrected chi connectivity index (χ1v) is 18.8. The summed E-state index contributed by atoms with van der Waals surface area (Å²) in [5, 5.41) is 2.66. The molecule has 0 heterocycles. The zero-order valence-corrected chi connectivity index (χ0v) is 30.7. The molecule has 2 aliphatic carbocycles. The van der Waals surface area contributed by atoms with Gasteiger partial charge in [-0.05, 0) is 139 Å². The largest absolute Gasteiger partial charge is 0.310 e. The summed E-state index contributed by atoms with van der Waals surface area (Å²) < 4.78 is 0. The van der Waals surface area contributed by atoms with Crippen LogP contribution in [0.5, 0.6) is 0 Å². The summed E-state index contributed by atoms with van der Waals surface area (Å²) in [5.74, 6) is 0.271. The van der Waals surface area contributed by atoms with Gasteiger partial charge >= 0.3 is 0 Å². The number of fused-ring (bicyclic) bond motifs is 8. The molecule has 0 saturated heterocycles. The molecule has 0 saturated carbocycles. The van der Waals surface area contributed by atoms with Crippen molar-refractivity contribution in [2.24, 2.45) is 0 Å². The van der Waals surface area contributed by atoms with Crippen molar-refractivity contribution in [3.63, 3.8) is 0 Å². The van der Waals surface area contributed by atoms with Crippen molar-refractivity contribution in [3.05, 3.63) is 198 Å². The van der Waals surface area contributed by atoms with E-state index in [1.807, 2.05) is 0 Å². The lowest BCUT2D eigenvalue weighted by Crippen LogP contribution is -2.15. The van der Waals surface area contributed by atoms with Crippen LogP contribution < -0.4 is 4.90 Å². The maximum absolute atomic E-state index is 2.54. The first kappa shape index (κ1) is 31.5. The molecule has 0 radical (unpaired) electrons. The van der Waals surface area contributed by atoms with Gasteiger partial charge in [-0.15, -0.1) is 0 Å². The van der Waals surface area contributed by atoms with Crippen molar-refractivity contribution in [2.75, 3.05) is 4.90 Å². The molecular weight excluding hydrogens is 639 g/mol. The topological polar surface area (TPSA) is 3.24 Å². The van der Waals surface area contributed by atoms with Gasteiger partial charge in [0.1, 0.15) is 0 Å². The van der Waals surface area contributed by atoms with E-state index in [1.54, 1.807) is 0 Å². The minimum Gasteiger partial charge on any atom is -0.310 e. The van der Waals surface area contributed by atoms with E-state index in [-0.39, 0.29) is 11.3 Å². The minimum atomic E-state index is -0.132. The fourth-order valence-corrected chi connectivity index (χ4v) is 9.13. The van der Waals surface area contributed by atoms with Gasteiger partial charge in [0.15, 0.2) is 0 Å². The standard InChI is InChI=1S/C52H41N/c1-33-19-23-38(24-20-33)53(39-25-21-36(22-26-39)35-13-7-5-8-14-35)40-27-28-42-44(29-40)34(2)45-30-48-49(32-47(42)45)52(3,4)50-31-46(37-15-9-6-10-16-37)41-17-11-12-18-43(41)51(48)50/h5-32,34H,1-4H3. The molecule has 1 heteroatoms. The average Bonchev–Trinajstić information content (AvgIpc) is 3.60. The maximum Gasteiger partial charge on any atom is 0.0465 e. The molecule has 1 nitrogen and oxygen atoms in total. The molecule has 0 fully saturated rings. The van der Waals surface area contributed by atoms with Crippen molar-refractivity contribution in [2.45, 2.75) is 39.0 Å². The van der Waals surface area contributed by atoms with E-state index < -0.39 is 0 Å². The van der Waals surface area contributed by atoms with Crippen molar-refractivity contribution < 1.29 is 0 Å². The van der Waals surface area contributed by atoms with E-state index >= 15 is 0 Å². The Balaban J connectivity index is 1.09. The van der Waals surface area contributed by atoms with E-state index in [0.29, 0.717) is 0 Å². The summed E-state index contributed by atoms with van der Waals surface area (Å²) in [6, 6.07) is 63.1. The Kier molecular flexibility index (Phi) is 7.10. The van der Waals surface area contributed by atoms with E-state index in [1.165, 1.54) is 88.8 Å². The van der Waals surface area contributed by atoms with E-state index in [4.69, 9.17) is 0 Å². The second-order valence-electron chi connectivity index (χ2n) is 15.4. The molecule has 0 aliphatic heterocycles. The predicted octanol–water partition coefficient (Wildman–Crippen LogP) is 14.4. The molecule has 1 atom stereocenters. The van der Waals surface area contributed by atoms with Crippen LogP contribution in [-0.4, -0.2) is 0 Å². The van der Waals surface area contributed by atoms with Gasteiger partial charge in [0, 0.05) is 28.4 Å². The molecule has 8 aromatic rings. The highest BCUT2D eigenvalue weighted by Gasteiger charge is 2.40. The Morgan fingerprint density at radius 3 is 1.68 bits per heavy atom. The van der Waals surface area contributed by atoms with Crippen molar-refractivity contribution >= 4 is 27.8 Å². The van der Waals surface area contributed by atoms with Crippen LogP contribution in [0.2, 0.25) is 0 Å². The van der Waals surface area contributed by atoms with E-state index in [9.17, 15) is 0 Å². The average molecular weight is 680 g/mol. The van der Waals surface area contributed by atoms with Crippen molar-refractivity contribution in [3.8, 4) is 44.5 Å². The van der Waals surface area contributed by atoms with Crippen molar-refractivity contribution in [1.82, 2.24) is 0 Å². The van der Waals surface area contributed by atoms with Crippen LogP contribution in [0.1, 0.15) is 54.5 Å². The Morgan fingerprint density at radius 2 is 0.981 bits per heavy atom. The SMILES string of the molecule is Cc1ccc(N(c2ccc(-c3ccccc3)cc2)c2ccc3c(c2)C(C)c2cc4c(cc2-3)C(C)(C)c2cc(-c3ccccc3)c3ccccc3c2-4)cc1. The Bertz CT molecular complexity index is 2680. The molecule has 1 unspecified atom stereocenters. The number of benzene rings is 8. The molecule has 0 N–H and O–H groups in total. The third-order valence-electron chi connectivity index (χ3n) is 12.0. The molecule has 0 aromatic heterocycles. The summed E-state index contributed by atoms with van der Waals surface area (Å²) in [6.07, 6.45) is 0. The van der Waals surface area contributed by atoms with Crippen LogP contribution in [-0.2, 0) is 5.41 Å². The second kappa shape index (κ2) is 11.9. The number of aryl methyl sites for hydroxylation is 1. The van der Waals surface area contributed by atoms with Gasteiger partial charge in [-0.3, -0.25) is 0 Å². The maximum atomic E-state index is 2.54. The number of hydrogen-bond acceptors (Lipinski definition) is 1. The van der Waals surface area contributed by atoms with E-state index in [2.05, 4.69) is 202 Å². The molecule has 8 aromatic carbocycles. The molecule has 254 valence electrons. The molecular formula is C52H41N. The number of hydrogen-bond donors (Lipinski definition) is 0. The summed E-state index contributed by atoms with van der Waals surface area (Å²) in [6.45, 7) is 9.37. The van der Waals surface area contributed by atoms with Gasteiger partial charge < -0.3 is 4.90 Å². The Hall–Kier alpha value is -6.18. The summed E-state index contributed by atoms with van der Waals surface area (Å²) in [4.78, 5) is 2.40. The molecule has 0 spiro atoms. The molecule has 10 rings (SSSR count). The normalized spacial score (nSPS) is 14.8. The quantitative estimate of drug-likeness (QED) is 0.175. The third-order valence-corrected chi connectivity index (χ3v) is 12.0. The zero-order chi connectivity index (χ0) is 35.8. The number of nitrogens with zero attached hydrogens (tertiary/aromatic N) is 1. The smallest absolute Gasteiger partial charge is 0.0465 e. The lowest BCUT2D eigenvalue weighted by atomic mass is 9.80. The van der Waals surface area contributed by atoms with Crippen LogP contribution in [0.15, 0.2) is 170 Å². The zero-order valence-electron chi connectivity index (χ0n) is 30.7. The molecule has 0 amide bonds. The summed E-state index contributed by atoms with van der Waals surface area (Å²) in [7, 11) is 0. The minimum absolute atomic E-state index is 0.132. The predicted molar refractivity (Wildman–Crippen MR) is 225 cm³/mol. The fraction of sp³-hybridized carbons (Fsp3) is 0.115. The van der Waals surface area contributed by atoms with Crippen LogP contribution in [0.25, 0.3) is 55.3 Å². The molecule has 2 aliphatic rings.